The summed E-state index contributed by atoms with van der Waals surface area (Å²) in [5.74, 6) is -3.76. The van der Waals surface area contributed by atoms with Gasteiger partial charge in [-0.2, -0.15) is 0 Å². The first-order valence-corrected chi connectivity index (χ1v) is 13.4. The Labute approximate surface area is 206 Å². The lowest BCUT2D eigenvalue weighted by molar-refractivity contribution is -0.141. The van der Waals surface area contributed by atoms with Crippen LogP contribution in [0, 0.1) is 5.82 Å². The maximum Gasteiger partial charge on any atom is 0.313 e. The number of nitrogens with one attached hydrogen (secondary N) is 1. The van der Waals surface area contributed by atoms with Crippen molar-refractivity contribution in [3.05, 3.63) is 69.0 Å². The number of amides is 1. The van der Waals surface area contributed by atoms with E-state index in [-0.39, 0.29) is 16.1 Å². The van der Waals surface area contributed by atoms with E-state index in [1.807, 2.05) is 0 Å². The molecule has 1 fully saturated rings. The van der Waals surface area contributed by atoms with Crippen LogP contribution in [0.15, 0.2) is 36.4 Å². The van der Waals surface area contributed by atoms with Gasteiger partial charge in [-0.1, -0.05) is 42.1 Å². The van der Waals surface area contributed by atoms with E-state index < -0.39 is 51.8 Å². The SMILES string of the molecule is CS(=O)(=O)N[C@H]1CCCC[C@@H]1N1C(=O)c2ccc(F)cc2[C@@H](C(=O)O)[C@@H]1c1ccc(Cl)cc1Cl. The third-order valence-corrected chi connectivity index (χ3v) is 7.72. The molecule has 1 aliphatic heterocycles. The molecule has 11 heteroatoms. The molecule has 2 N–H and O–H groups in total. The molecule has 4 rings (SSSR count). The van der Waals surface area contributed by atoms with Gasteiger partial charge in [-0.3, -0.25) is 9.59 Å². The number of carboxylic acids is 1. The van der Waals surface area contributed by atoms with Gasteiger partial charge < -0.3 is 10.0 Å². The molecule has 1 saturated carbocycles. The van der Waals surface area contributed by atoms with Gasteiger partial charge in [-0.15, -0.1) is 0 Å². The molecule has 182 valence electrons. The van der Waals surface area contributed by atoms with Crippen LogP contribution in [0.4, 0.5) is 4.39 Å². The molecule has 7 nitrogen and oxygen atoms in total. The summed E-state index contributed by atoms with van der Waals surface area (Å²) in [4.78, 5) is 27.9. The lowest BCUT2D eigenvalue weighted by Crippen LogP contribution is -2.58. The van der Waals surface area contributed by atoms with Crippen LogP contribution < -0.4 is 4.72 Å². The number of carbonyl (C=O) groups excluding carboxylic acids is 1. The van der Waals surface area contributed by atoms with Crippen LogP contribution in [0.5, 0.6) is 0 Å². The van der Waals surface area contributed by atoms with Crippen LogP contribution in [0.1, 0.15) is 59.1 Å². The first-order valence-electron chi connectivity index (χ1n) is 10.7. The summed E-state index contributed by atoms with van der Waals surface area (Å²) in [6.45, 7) is 0. The van der Waals surface area contributed by atoms with Crippen molar-refractivity contribution in [2.75, 3.05) is 6.26 Å². The van der Waals surface area contributed by atoms with E-state index in [2.05, 4.69) is 4.72 Å². The average Bonchev–Trinajstić information content (AvgIpc) is 2.73. The highest BCUT2D eigenvalue weighted by molar-refractivity contribution is 7.88. The van der Waals surface area contributed by atoms with Crippen molar-refractivity contribution >= 4 is 45.1 Å². The molecule has 1 heterocycles. The number of carboxylic acid groups (broad SMARTS) is 1. The fourth-order valence-electron chi connectivity index (χ4n) is 5.13. The maximum atomic E-state index is 14.2. The molecule has 0 spiro atoms. The minimum atomic E-state index is -3.60. The van der Waals surface area contributed by atoms with Crippen molar-refractivity contribution in [1.82, 2.24) is 9.62 Å². The minimum absolute atomic E-state index is 0.0493. The van der Waals surface area contributed by atoms with E-state index >= 15 is 0 Å². The molecule has 1 amide bonds. The van der Waals surface area contributed by atoms with Gasteiger partial charge in [0.1, 0.15) is 11.7 Å². The van der Waals surface area contributed by atoms with Gasteiger partial charge in [0.05, 0.1) is 12.3 Å². The number of hydrogen-bond donors (Lipinski definition) is 2. The van der Waals surface area contributed by atoms with Gasteiger partial charge in [0.25, 0.3) is 5.91 Å². The Bertz CT molecular complexity index is 1260. The van der Waals surface area contributed by atoms with E-state index in [1.54, 1.807) is 12.1 Å². The van der Waals surface area contributed by atoms with Crippen LogP contribution in [0.3, 0.4) is 0 Å². The molecular weight excluding hydrogens is 506 g/mol. The first kappa shape index (κ1) is 24.9. The zero-order chi connectivity index (χ0) is 24.8. The Morgan fingerprint density at radius 1 is 1.12 bits per heavy atom. The molecule has 0 saturated heterocycles. The summed E-state index contributed by atoms with van der Waals surface area (Å²) in [5, 5.41) is 10.8. The van der Waals surface area contributed by atoms with Crippen LogP contribution in [-0.4, -0.2) is 48.6 Å². The van der Waals surface area contributed by atoms with E-state index in [0.29, 0.717) is 23.4 Å². The molecule has 4 atom stereocenters. The Morgan fingerprint density at radius 3 is 2.47 bits per heavy atom. The Kier molecular flexibility index (Phi) is 6.92. The lowest BCUT2D eigenvalue weighted by Gasteiger charge is -2.48. The maximum absolute atomic E-state index is 14.2. The van der Waals surface area contributed by atoms with Gasteiger partial charge in [0.2, 0.25) is 10.0 Å². The minimum Gasteiger partial charge on any atom is -0.481 e. The Hall–Kier alpha value is -2.20. The highest BCUT2D eigenvalue weighted by atomic mass is 35.5. The standard InChI is InChI=1S/C23H23Cl2FN2O5S/c1-34(32,33)27-18-4-2-3-5-19(18)28-21(15-8-6-12(24)10-17(15)25)20(23(30)31)16-11-13(26)7-9-14(16)22(28)29/h6-11,18-21,27H,2-5H2,1H3,(H,30,31)/t18-,19-,20+,21-/m0/s1. The topological polar surface area (TPSA) is 104 Å². The number of nitrogens with zero attached hydrogens (tertiary/aromatic N) is 1. The number of hydrogen-bond acceptors (Lipinski definition) is 4. The van der Waals surface area contributed by atoms with Gasteiger partial charge in [-0.25, -0.2) is 17.5 Å². The normalized spacial score (nSPS) is 25.2. The van der Waals surface area contributed by atoms with E-state index in [9.17, 15) is 27.5 Å². The highest BCUT2D eigenvalue weighted by Crippen LogP contribution is 2.48. The molecule has 0 aromatic heterocycles. The monoisotopic (exact) mass is 528 g/mol. The molecule has 2 aromatic rings. The molecule has 2 aromatic carbocycles. The number of aliphatic carboxylic acids is 1. The predicted molar refractivity (Wildman–Crippen MR) is 126 cm³/mol. The van der Waals surface area contributed by atoms with Crippen molar-refractivity contribution < 1.29 is 27.5 Å². The van der Waals surface area contributed by atoms with Crippen molar-refractivity contribution in [1.29, 1.82) is 0 Å². The summed E-state index contributed by atoms with van der Waals surface area (Å²) in [6, 6.07) is 5.65. The average molecular weight is 529 g/mol. The van der Waals surface area contributed by atoms with Crippen molar-refractivity contribution in [3.8, 4) is 0 Å². The number of rotatable bonds is 5. The summed E-state index contributed by atoms with van der Waals surface area (Å²) < 4.78 is 40.9. The van der Waals surface area contributed by atoms with Crippen molar-refractivity contribution in [2.45, 2.75) is 49.7 Å². The number of benzene rings is 2. The molecule has 1 aliphatic carbocycles. The van der Waals surface area contributed by atoms with Crippen LogP contribution in [0.25, 0.3) is 0 Å². The Balaban J connectivity index is 1.95. The zero-order valence-corrected chi connectivity index (χ0v) is 20.5. The molecule has 0 bridgehead atoms. The summed E-state index contributed by atoms with van der Waals surface area (Å²) in [5.41, 5.74) is 0.456. The second-order valence-corrected chi connectivity index (χ2v) is 11.3. The number of carbonyl (C=O) groups is 2. The van der Waals surface area contributed by atoms with Crippen LogP contribution in [-0.2, 0) is 14.8 Å². The van der Waals surface area contributed by atoms with Crippen LogP contribution in [0.2, 0.25) is 10.0 Å². The van der Waals surface area contributed by atoms with E-state index in [4.69, 9.17) is 23.2 Å². The Morgan fingerprint density at radius 2 is 1.82 bits per heavy atom. The number of sulfonamides is 1. The fraction of sp³-hybridized carbons (Fsp3) is 0.391. The molecule has 0 radical (unpaired) electrons. The summed E-state index contributed by atoms with van der Waals surface area (Å²) in [6.07, 6.45) is 3.47. The summed E-state index contributed by atoms with van der Waals surface area (Å²) >= 11 is 12.5. The number of fused-ring (bicyclic) bond motifs is 1. The highest BCUT2D eigenvalue weighted by Gasteiger charge is 2.49. The van der Waals surface area contributed by atoms with Gasteiger partial charge in [0.15, 0.2) is 0 Å². The predicted octanol–water partition coefficient (Wildman–Crippen LogP) is 4.36. The smallest absolute Gasteiger partial charge is 0.313 e. The fourth-order valence-corrected chi connectivity index (χ4v) is 6.48. The molecule has 2 aliphatic rings. The third kappa shape index (κ3) is 4.79. The second kappa shape index (κ2) is 9.45. The van der Waals surface area contributed by atoms with E-state index in [1.165, 1.54) is 17.0 Å². The lowest BCUT2D eigenvalue weighted by atomic mass is 9.77. The van der Waals surface area contributed by atoms with Gasteiger partial charge in [-0.05, 0) is 54.3 Å². The van der Waals surface area contributed by atoms with Gasteiger partial charge >= 0.3 is 5.97 Å². The molecule has 34 heavy (non-hydrogen) atoms. The number of halogens is 3. The van der Waals surface area contributed by atoms with Gasteiger partial charge in [0, 0.05) is 27.7 Å². The molecular formula is C23H23Cl2FN2O5S. The van der Waals surface area contributed by atoms with E-state index in [0.717, 1.165) is 31.2 Å². The van der Waals surface area contributed by atoms with Crippen molar-refractivity contribution in [2.24, 2.45) is 0 Å². The summed E-state index contributed by atoms with van der Waals surface area (Å²) in [7, 11) is -3.60. The molecule has 0 unspecified atom stereocenters. The quantitative estimate of drug-likeness (QED) is 0.599. The van der Waals surface area contributed by atoms with Crippen LogP contribution >= 0.6 is 23.2 Å². The third-order valence-electron chi connectivity index (χ3n) is 6.43. The zero-order valence-electron chi connectivity index (χ0n) is 18.2. The first-order chi connectivity index (χ1) is 16.0. The largest absolute Gasteiger partial charge is 0.481 e. The van der Waals surface area contributed by atoms with Crippen molar-refractivity contribution in [3.63, 3.8) is 0 Å². The second-order valence-electron chi connectivity index (χ2n) is 8.72.